The number of rotatable bonds is 13. The van der Waals surface area contributed by atoms with Gasteiger partial charge in [0.2, 0.25) is 0 Å². The maximum atomic E-state index is 13.8. The highest BCUT2D eigenvalue weighted by Crippen LogP contribution is 2.56. The molecule has 0 spiro atoms. The summed E-state index contributed by atoms with van der Waals surface area (Å²) in [6.45, 7) is 10.5. The zero-order chi connectivity index (χ0) is 33.1. The van der Waals surface area contributed by atoms with Crippen molar-refractivity contribution in [3.05, 3.63) is 29.3 Å². The standard InChI is InChI=1S/C27H38F8NO6P/c1-18-36-24(16-39-18,17-40-43(37,41-22(2,3)4)42-23(5,6)7)13-11-19-9-10-21(20(15-19)26(30,31)32)38-14-8-12-25(28,29)27(33,34)35/h9-10,15H,8,11-14,16-17H2,1-7H3. The van der Waals surface area contributed by atoms with Crippen LogP contribution in [0.1, 0.15) is 78.9 Å². The summed E-state index contributed by atoms with van der Waals surface area (Å²) in [5.74, 6) is -5.40. The number of halogens is 8. The van der Waals surface area contributed by atoms with E-state index < -0.39 is 73.6 Å². The van der Waals surface area contributed by atoms with Gasteiger partial charge >= 0.3 is 26.1 Å². The van der Waals surface area contributed by atoms with Gasteiger partial charge in [-0.1, -0.05) is 6.07 Å². The molecule has 0 saturated carbocycles. The topological polar surface area (TPSA) is 75.6 Å². The van der Waals surface area contributed by atoms with Crippen molar-refractivity contribution in [3.8, 4) is 5.75 Å². The average Bonchev–Trinajstić information content (AvgIpc) is 3.17. The third-order valence-corrected chi connectivity index (χ3v) is 7.73. The van der Waals surface area contributed by atoms with E-state index in [1.165, 1.54) is 6.07 Å². The van der Waals surface area contributed by atoms with E-state index in [-0.39, 0.29) is 31.6 Å². The van der Waals surface area contributed by atoms with Crippen molar-refractivity contribution in [2.75, 3.05) is 19.8 Å². The molecular formula is C27H38F8NO6P. The van der Waals surface area contributed by atoms with Crippen molar-refractivity contribution >= 4 is 13.7 Å². The van der Waals surface area contributed by atoms with Crippen molar-refractivity contribution in [3.63, 3.8) is 0 Å². The first-order chi connectivity index (χ1) is 19.3. The molecule has 2 rings (SSSR count). The zero-order valence-corrected chi connectivity index (χ0v) is 25.9. The van der Waals surface area contributed by atoms with Crippen LogP contribution >= 0.6 is 7.82 Å². The first-order valence-corrected chi connectivity index (χ1v) is 14.8. The molecule has 43 heavy (non-hydrogen) atoms. The Morgan fingerprint density at radius 1 is 0.953 bits per heavy atom. The Morgan fingerprint density at radius 3 is 2.00 bits per heavy atom. The van der Waals surface area contributed by atoms with Crippen molar-refractivity contribution in [1.82, 2.24) is 0 Å². The van der Waals surface area contributed by atoms with Gasteiger partial charge in [-0.05, 0) is 78.5 Å². The second-order valence-electron chi connectivity index (χ2n) is 12.3. The Kier molecular flexibility index (Phi) is 11.4. The maximum Gasteiger partial charge on any atom is 0.475 e. The van der Waals surface area contributed by atoms with Gasteiger partial charge in [0.1, 0.15) is 17.9 Å². The number of phosphoric acid groups is 1. The molecular weight excluding hydrogens is 617 g/mol. The molecule has 0 radical (unpaired) electrons. The zero-order valence-electron chi connectivity index (χ0n) is 25.0. The lowest BCUT2D eigenvalue weighted by molar-refractivity contribution is -0.284. The first-order valence-electron chi connectivity index (χ1n) is 13.4. The molecule has 0 bridgehead atoms. The number of aliphatic imine (C=N–C) groups is 1. The highest BCUT2D eigenvalue weighted by molar-refractivity contribution is 7.48. The Hall–Kier alpha value is -1.96. The van der Waals surface area contributed by atoms with E-state index in [0.717, 1.165) is 12.1 Å². The van der Waals surface area contributed by atoms with E-state index in [1.54, 1.807) is 48.5 Å². The summed E-state index contributed by atoms with van der Waals surface area (Å²) in [6, 6.07) is 3.09. The molecule has 1 aromatic carbocycles. The number of hydrogen-bond acceptors (Lipinski definition) is 7. The minimum absolute atomic E-state index is 0.0141. The first kappa shape index (κ1) is 37.2. The van der Waals surface area contributed by atoms with E-state index in [0.29, 0.717) is 5.90 Å². The Bertz CT molecular complexity index is 1150. The Morgan fingerprint density at radius 2 is 1.53 bits per heavy atom. The number of phosphoric ester groups is 1. The quantitative estimate of drug-likeness (QED) is 0.120. The van der Waals surface area contributed by atoms with Crippen LogP contribution in [0.2, 0.25) is 0 Å². The van der Waals surface area contributed by atoms with Gasteiger partial charge in [0, 0.05) is 13.3 Å². The van der Waals surface area contributed by atoms with Crippen LogP contribution in [-0.2, 0) is 35.5 Å². The van der Waals surface area contributed by atoms with Gasteiger partial charge in [0.25, 0.3) is 0 Å². The summed E-state index contributed by atoms with van der Waals surface area (Å²) in [6.07, 6.45) is -13.0. The number of benzene rings is 1. The van der Waals surface area contributed by atoms with E-state index in [4.69, 9.17) is 23.0 Å². The molecule has 248 valence electrons. The SMILES string of the molecule is CC1=NC(CCc2ccc(OCCCC(F)(F)C(F)(F)F)c(C(F)(F)F)c2)(COP(=O)(OC(C)(C)C)OC(C)(C)C)CO1. The van der Waals surface area contributed by atoms with Gasteiger partial charge < -0.3 is 9.47 Å². The molecule has 1 heterocycles. The van der Waals surface area contributed by atoms with Gasteiger partial charge in [-0.2, -0.15) is 35.1 Å². The minimum Gasteiger partial charge on any atom is -0.493 e. The van der Waals surface area contributed by atoms with Crippen LogP contribution in [0.25, 0.3) is 0 Å². The number of alkyl halides is 8. The molecule has 16 heteroatoms. The van der Waals surface area contributed by atoms with Gasteiger partial charge in [-0.3, -0.25) is 13.6 Å². The molecule has 1 aliphatic heterocycles. The van der Waals surface area contributed by atoms with Crippen molar-refractivity contribution < 1.29 is 62.7 Å². The minimum atomic E-state index is -5.77. The van der Waals surface area contributed by atoms with Crippen LogP contribution in [0, 0.1) is 0 Å². The van der Waals surface area contributed by atoms with Crippen molar-refractivity contribution in [2.45, 2.75) is 109 Å². The van der Waals surface area contributed by atoms with E-state index in [9.17, 15) is 39.7 Å². The Labute approximate surface area is 245 Å². The highest BCUT2D eigenvalue weighted by Gasteiger charge is 2.56. The predicted octanol–water partition coefficient (Wildman–Crippen LogP) is 8.94. The summed E-state index contributed by atoms with van der Waals surface area (Å²) >= 11 is 0. The third-order valence-electron chi connectivity index (χ3n) is 5.74. The molecule has 0 amide bonds. The monoisotopic (exact) mass is 655 g/mol. The molecule has 0 N–H and O–H groups in total. The van der Waals surface area contributed by atoms with Crippen LogP contribution in [0.4, 0.5) is 35.1 Å². The summed E-state index contributed by atoms with van der Waals surface area (Å²) in [5, 5.41) is 0. The summed E-state index contributed by atoms with van der Waals surface area (Å²) < 4.78 is 145. The molecule has 0 aliphatic carbocycles. The van der Waals surface area contributed by atoms with Gasteiger partial charge in [-0.25, -0.2) is 9.56 Å². The lowest BCUT2D eigenvalue weighted by Gasteiger charge is -2.33. The molecule has 7 nitrogen and oxygen atoms in total. The number of ether oxygens (including phenoxy) is 2. The molecule has 1 atom stereocenters. The molecule has 0 saturated heterocycles. The number of hydrogen-bond donors (Lipinski definition) is 0. The van der Waals surface area contributed by atoms with E-state index in [2.05, 4.69) is 4.99 Å². The molecule has 0 fully saturated rings. The largest absolute Gasteiger partial charge is 0.493 e. The van der Waals surface area contributed by atoms with Crippen molar-refractivity contribution in [2.24, 2.45) is 4.99 Å². The van der Waals surface area contributed by atoms with Gasteiger partial charge in [-0.15, -0.1) is 0 Å². The fourth-order valence-corrected chi connectivity index (χ4v) is 5.81. The second-order valence-corrected chi connectivity index (χ2v) is 13.8. The van der Waals surface area contributed by atoms with Crippen LogP contribution < -0.4 is 4.74 Å². The summed E-state index contributed by atoms with van der Waals surface area (Å²) in [7, 11) is -4.14. The van der Waals surface area contributed by atoms with Crippen molar-refractivity contribution in [1.29, 1.82) is 0 Å². The Balaban J connectivity index is 2.19. The fraction of sp³-hybridized carbons (Fsp3) is 0.741. The highest BCUT2D eigenvalue weighted by atomic mass is 31.2. The summed E-state index contributed by atoms with van der Waals surface area (Å²) in [4.78, 5) is 4.46. The molecule has 0 aromatic heterocycles. The fourth-order valence-electron chi connectivity index (χ4n) is 3.93. The second kappa shape index (κ2) is 13.2. The van der Waals surface area contributed by atoms with Crippen LogP contribution in [-0.4, -0.2) is 54.6 Å². The molecule has 1 unspecified atom stereocenters. The number of aryl methyl sites for hydroxylation is 1. The molecule has 1 aliphatic rings. The van der Waals surface area contributed by atoms with Crippen LogP contribution in [0.3, 0.4) is 0 Å². The van der Waals surface area contributed by atoms with Gasteiger partial charge in [0.05, 0.1) is 30.0 Å². The lowest BCUT2D eigenvalue weighted by atomic mass is 9.93. The maximum absolute atomic E-state index is 13.8. The number of nitrogens with zero attached hydrogens (tertiary/aromatic N) is 1. The predicted molar refractivity (Wildman–Crippen MR) is 143 cm³/mol. The van der Waals surface area contributed by atoms with Crippen LogP contribution in [0.5, 0.6) is 5.75 Å². The molecule has 1 aromatic rings. The van der Waals surface area contributed by atoms with E-state index in [1.807, 2.05) is 0 Å². The lowest BCUT2D eigenvalue weighted by Crippen LogP contribution is -2.36. The van der Waals surface area contributed by atoms with Gasteiger partial charge in [0.15, 0.2) is 5.90 Å². The van der Waals surface area contributed by atoms with Crippen LogP contribution in [0.15, 0.2) is 23.2 Å². The van der Waals surface area contributed by atoms with E-state index >= 15 is 0 Å². The normalized spacial score (nSPS) is 18.9. The smallest absolute Gasteiger partial charge is 0.475 e. The third kappa shape index (κ3) is 11.8. The summed E-state index contributed by atoms with van der Waals surface area (Å²) in [5.41, 5.74) is -3.98. The average molecular weight is 656 g/mol.